The van der Waals surface area contributed by atoms with E-state index < -0.39 is 0 Å². The Kier molecular flexibility index (Phi) is 5.18. The van der Waals surface area contributed by atoms with Gasteiger partial charge in [0, 0.05) is 18.8 Å². The largest absolute Gasteiger partial charge is 0.299 e. The molecule has 17 heavy (non-hydrogen) atoms. The van der Waals surface area contributed by atoms with E-state index in [0.29, 0.717) is 24.0 Å². The summed E-state index contributed by atoms with van der Waals surface area (Å²) < 4.78 is 0. The predicted molar refractivity (Wildman–Crippen MR) is 69.4 cm³/mol. The number of fused-ring (bicyclic) bond motifs is 1. The fraction of sp³-hybridized carbons (Fsp3) is 0.867. The number of hydrogen-bond acceptors (Lipinski definition) is 2. The summed E-state index contributed by atoms with van der Waals surface area (Å²) >= 11 is 0. The van der Waals surface area contributed by atoms with Crippen LogP contribution in [0.5, 0.6) is 0 Å². The Labute approximate surface area is 105 Å². The first-order valence-corrected chi connectivity index (χ1v) is 7.08. The topological polar surface area (TPSA) is 40.9 Å². The molecule has 0 amide bonds. The third-order valence-corrected chi connectivity index (χ3v) is 4.66. The van der Waals surface area contributed by atoms with Crippen molar-refractivity contribution in [2.75, 3.05) is 0 Å². The summed E-state index contributed by atoms with van der Waals surface area (Å²) in [6.45, 7) is 6.28. The highest BCUT2D eigenvalue weighted by Gasteiger charge is 2.50. The Hall–Kier alpha value is -0.840. The van der Waals surface area contributed by atoms with Crippen molar-refractivity contribution in [3.05, 3.63) is 0 Å². The van der Waals surface area contributed by atoms with E-state index in [1.165, 1.54) is 6.42 Å². The van der Waals surface area contributed by atoms with Gasteiger partial charge >= 0.3 is 0 Å². The summed E-state index contributed by atoms with van der Waals surface area (Å²) in [6, 6.07) is 2.23. The van der Waals surface area contributed by atoms with Gasteiger partial charge in [-0.05, 0) is 43.4 Å². The summed E-state index contributed by atoms with van der Waals surface area (Å²) in [6.07, 6.45) is 6.94. The van der Waals surface area contributed by atoms with Crippen LogP contribution in [0.25, 0.3) is 0 Å². The Bertz CT molecular complexity index is 305. The van der Waals surface area contributed by atoms with E-state index in [2.05, 4.69) is 13.0 Å². The standard InChI is InChI=1S/C13H19NO.C2H6/c1-13-8-2-5-12(15)11(13)7-6-10(13)4-3-9-14;1-2/h10-11H,2-8H2,1H3;1-2H3. The molecule has 2 fully saturated rings. The van der Waals surface area contributed by atoms with Gasteiger partial charge in [0.05, 0.1) is 6.07 Å². The van der Waals surface area contributed by atoms with Crippen LogP contribution >= 0.6 is 0 Å². The van der Waals surface area contributed by atoms with Gasteiger partial charge in [-0.1, -0.05) is 20.8 Å². The van der Waals surface area contributed by atoms with Crippen molar-refractivity contribution in [2.45, 2.75) is 65.7 Å². The molecule has 2 saturated carbocycles. The van der Waals surface area contributed by atoms with E-state index in [-0.39, 0.29) is 5.41 Å². The zero-order valence-corrected chi connectivity index (χ0v) is 11.5. The molecule has 0 spiro atoms. The van der Waals surface area contributed by atoms with E-state index in [9.17, 15) is 4.79 Å². The second kappa shape index (κ2) is 6.19. The minimum absolute atomic E-state index is 0.228. The van der Waals surface area contributed by atoms with Gasteiger partial charge in [0.2, 0.25) is 0 Å². The fourth-order valence-corrected chi connectivity index (χ4v) is 3.75. The maximum absolute atomic E-state index is 11.8. The van der Waals surface area contributed by atoms with Crippen LogP contribution in [0.4, 0.5) is 0 Å². The summed E-state index contributed by atoms with van der Waals surface area (Å²) in [5, 5.41) is 8.64. The molecular formula is C15H25NO. The lowest BCUT2D eigenvalue weighted by atomic mass is 9.64. The fourth-order valence-electron chi connectivity index (χ4n) is 3.75. The molecular weight excluding hydrogens is 210 g/mol. The van der Waals surface area contributed by atoms with Crippen LogP contribution in [-0.2, 0) is 4.79 Å². The quantitative estimate of drug-likeness (QED) is 0.723. The second-order valence-corrected chi connectivity index (χ2v) is 5.35. The Balaban J connectivity index is 0.000000686. The first kappa shape index (κ1) is 14.2. The molecule has 2 rings (SSSR count). The second-order valence-electron chi connectivity index (χ2n) is 5.35. The van der Waals surface area contributed by atoms with Crippen LogP contribution in [0.3, 0.4) is 0 Å². The molecule has 2 aliphatic carbocycles. The first-order chi connectivity index (χ1) is 8.18. The first-order valence-electron chi connectivity index (χ1n) is 7.08. The SMILES string of the molecule is CC.CC12CCCC(=O)C1CCC2CCC#N. The molecule has 0 aromatic rings. The zero-order chi connectivity index (χ0) is 12.9. The van der Waals surface area contributed by atoms with E-state index >= 15 is 0 Å². The van der Waals surface area contributed by atoms with Crippen molar-refractivity contribution in [2.24, 2.45) is 17.3 Å². The Morgan fingerprint density at radius 2 is 2.12 bits per heavy atom. The average molecular weight is 235 g/mol. The molecule has 0 aliphatic heterocycles. The molecule has 0 heterocycles. The van der Waals surface area contributed by atoms with Gasteiger partial charge in [0.15, 0.2) is 0 Å². The molecule has 2 aliphatic rings. The number of nitriles is 1. The normalized spacial score (nSPS) is 35.5. The van der Waals surface area contributed by atoms with Crippen molar-refractivity contribution in [3.63, 3.8) is 0 Å². The minimum atomic E-state index is 0.228. The lowest BCUT2D eigenvalue weighted by Crippen LogP contribution is -2.37. The van der Waals surface area contributed by atoms with Crippen molar-refractivity contribution in [1.29, 1.82) is 5.26 Å². The highest BCUT2D eigenvalue weighted by atomic mass is 16.1. The molecule has 0 bridgehead atoms. The van der Waals surface area contributed by atoms with Gasteiger partial charge in [-0.15, -0.1) is 0 Å². The number of hydrogen-bond donors (Lipinski definition) is 0. The molecule has 2 nitrogen and oxygen atoms in total. The van der Waals surface area contributed by atoms with E-state index in [4.69, 9.17) is 5.26 Å². The smallest absolute Gasteiger partial charge is 0.136 e. The highest BCUT2D eigenvalue weighted by Crippen LogP contribution is 2.55. The molecule has 96 valence electrons. The van der Waals surface area contributed by atoms with Crippen molar-refractivity contribution >= 4 is 5.78 Å². The Morgan fingerprint density at radius 1 is 1.41 bits per heavy atom. The monoisotopic (exact) mass is 235 g/mol. The number of carbonyl (C=O) groups excluding carboxylic acids is 1. The number of Topliss-reactive ketones (excluding diaryl/α,β-unsaturated/α-hetero) is 1. The van der Waals surface area contributed by atoms with Crippen molar-refractivity contribution in [1.82, 2.24) is 0 Å². The minimum Gasteiger partial charge on any atom is -0.299 e. The molecule has 0 N–H and O–H groups in total. The summed E-state index contributed by atoms with van der Waals surface area (Å²) in [7, 11) is 0. The third kappa shape index (κ3) is 2.70. The van der Waals surface area contributed by atoms with Crippen molar-refractivity contribution < 1.29 is 4.79 Å². The van der Waals surface area contributed by atoms with Gasteiger partial charge in [0.25, 0.3) is 0 Å². The highest BCUT2D eigenvalue weighted by molar-refractivity contribution is 5.83. The third-order valence-electron chi connectivity index (χ3n) is 4.66. The zero-order valence-electron chi connectivity index (χ0n) is 11.5. The molecule has 3 unspecified atom stereocenters. The van der Waals surface area contributed by atoms with Crippen LogP contribution in [0.2, 0.25) is 0 Å². The molecule has 0 aromatic carbocycles. The van der Waals surface area contributed by atoms with Gasteiger partial charge in [-0.2, -0.15) is 5.26 Å². The maximum atomic E-state index is 11.8. The summed E-state index contributed by atoms with van der Waals surface area (Å²) in [5.74, 6) is 1.42. The average Bonchev–Trinajstić information content (AvgIpc) is 2.67. The maximum Gasteiger partial charge on any atom is 0.136 e. The Morgan fingerprint density at radius 3 is 2.76 bits per heavy atom. The van der Waals surface area contributed by atoms with Gasteiger partial charge in [0.1, 0.15) is 5.78 Å². The van der Waals surface area contributed by atoms with Crippen LogP contribution in [0.1, 0.15) is 65.7 Å². The predicted octanol–water partition coefficient (Wildman–Crippen LogP) is 4.10. The van der Waals surface area contributed by atoms with E-state index in [1.54, 1.807) is 0 Å². The molecule has 2 heteroatoms. The molecule has 0 saturated heterocycles. The van der Waals surface area contributed by atoms with Crippen LogP contribution in [-0.4, -0.2) is 5.78 Å². The number of rotatable bonds is 2. The lowest BCUT2D eigenvalue weighted by molar-refractivity contribution is -0.129. The molecule has 0 aromatic heterocycles. The summed E-state index contributed by atoms with van der Waals surface area (Å²) in [5.41, 5.74) is 0.228. The van der Waals surface area contributed by atoms with Crippen LogP contribution < -0.4 is 0 Å². The number of carbonyl (C=O) groups is 1. The lowest BCUT2D eigenvalue weighted by Gasteiger charge is -2.39. The van der Waals surface area contributed by atoms with Crippen LogP contribution in [0.15, 0.2) is 0 Å². The van der Waals surface area contributed by atoms with Crippen molar-refractivity contribution in [3.8, 4) is 6.07 Å². The van der Waals surface area contributed by atoms with Gasteiger partial charge < -0.3 is 0 Å². The van der Waals surface area contributed by atoms with Gasteiger partial charge in [-0.25, -0.2) is 0 Å². The van der Waals surface area contributed by atoms with Gasteiger partial charge in [-0.3, -0.25) is 4.79 Å². The van der Waals surface area contributed by atoms with Crippen LogP contribution in [0, 0.1) is 28.6 Å². The number of ketones is 1. The molecule has 0 radical (unpaired) electrons. The number of nitrogens with zero attached hydrogens (tertiary/aromatic N) is 1. The van der Waals surface area contributed by atoms with E-state index in [0.717, 1.165) is 32.1 Å². The summed E-state index contributed by atoms with van der Waals surface area (Å²) in [4.78, 5) is 11.8. The molecule has 3 atom stereocenters. The van der Waals surface area contributed by atoms with E-state index in [1.807, 2.05) is 13.8 Å².